The van der Waals surface area contributed by atoms with Crippen LogP contribution in [0.3, 0.4) is 0 Å². The highest BCUT2D eigenvalue weighted by molar-refractivity contribution is 5.33. The Morgan fingerprint density at radius 2 is 1.39 bits per heavy atom. The van der Waals surface area contributed by atoms with Crippen molar-refractivity contribution < 1.29 is 64.5 Å². The molecule has 0 aromatic heterocycles. The van der Waals surface area contributed by atoms with Gasteiger partial charge in [0.25, 0.3) is 0 Å². The second kappa shape index (κ2) is 12.7. The van der Waals surface area contributed by atoms with Crippen LogP contribution in [0.15, 0.2) is 0 Å². The first-order valence-corrected chi connectivity index (χ1v) is 20.7. The third-order valence-electron chi connectivity index (χ3n) is 17.6. The summed E-state index contributed by atoms with van der Waals surface area (Å²) < 4.78 is 31.1. The number of hydrogen-bond donors (Lipinski definition) is 8. The lowest BCUT2D eigenvalue weighted by atomic mass is 9.41. The Labute approximate surface area is 319 Å². The van der Waals surface area contributed by atoms with E-state index < -0.39 is 84.1 Å². The van der Waals surface area contributed by atoms with Crippen LogP contribution in [0, 0.1) is 44.8 Å². The minimum Gasteiger partial charge on any atom is -0.393 e. The molecule has 13 heteroatoms. The van der Waals surface area contributed by atoms with Gasteiger partial charge in [-0.15, -0.1) is 0 Å². The van der Waals surface area contributed by atoms with Crippen LogP contribution < -0.4 is 0 Å². The van der Waals surface area contributed by atoms with E-state index >= 15 is 0 Å². The molecule has 5 saturated carbocycles. The smallest absolute Gasteiger partial charge is 0.187 e. The molecule has 21 atom stereocenters. The lowest BCUT2D eigenvalue weighted by molar-refractivity contribution is -0.363. The van der Waals surface area contributed by atoms with E-state index in [9.17, 15) is 40.9 Å². The van der Waals surface area contributed by atoms with Crippen LogP contribution >= 0.6 is 0 Å². The van der Waals surface area contributed by atoms with Gasteiger partial charge in [-0.3, -0.25) is 0 Å². The lowest BCUT2D eigenvalue weighted by Gasteiger charge is -2.65. The van der Waals surface area contributed by atoms with Gasteiger partial charge in [0, 0.05) is 5.92 Å². The summed E-state index contributed by atoms with van der Waals surface area (Å²) in [5.74, 6) is 0.0427. The Kier molecular flexibility index (Phi) is 9.50. The van der Waals surface area contributed by atoms with Gasteiger partial charge in [-0.1, -0.05) is 27.7 Å². The first kappa shape index (κ1) is 40.3. The fraction of sp³-hybridized carbons (Fsp3) is 1.00. The zero-order valence-electron chi connectivity index (χ0n) is 33.4. The topological polar surface area (TPSA) is 208 Å². The predicted octanol–water partition coefficient (Wildman–Crippen LogP) is 1.75. The van der Waals surface area contributed by atoms with Gasteiger partial charge >= 0.3 is 0 Å². The van der Waals surface area contributed by atoms with E-state index in [0.29, 0.717) is 19.3 Å². The summed E-state index contributed by atoms with van der Waals surface area (Å²) in [4.78, 5) is 0. The Hall–Kier alpha value is -0.520. The molecular formula is C41H68O13. The molecule has 3 heterocycles. The molecule has 13 nitrogen and oxygen atoms in total. The van der Waals surface area contributed by atoms with Crippen LogP contribution in [0.25, 0.3) is 0 Å². The summed E-state index contributed by atoms with van der Waals surface area (Å²) in [5, 5.41) is 88.2. The zero-order chi connectivity index (χ0) is 39.3. The molecule has 8 aliphatic rings. The molecule has 3 aliphatic heterocycles. The van der Waals surface area contributed by atoms with Crippen molar-refractivity contribution in [1.29, 1.82) is 0 Å². The van der Waals surface area contributed by atoms with E-state index in [1.807, 2.05) is 0 Å². The Morgan fingerprint density at radius 1 is 0.685 bits per heavy atom. The molecule has 8 N–H and O–H groups in total. The van der Waals surface area contributed by atoms with Gasteiger partial charge in [-0.25, -0.2) is 0 Å². The van der Waals surface area contributed by atoms with Gasteiger partial charge in [0.05, 0.1) is 48.3 Å². The maximum absolute atomic E-state index is 12.5. The number of aliphatic hydroxyl groups is 8. The molecule has 0 aromatic carbocycles. The summed E-state index contributed by atoms with van der Waals surface area (Å²) in [6, 6.07) is 0. The molecule has 8 fully saturated rings. The van der Waals surface area contributed by atoms with E-state index in [-0.39, 0.29) is 58.2 Å². The fourth-order valence-electron chi connectivity index (χ4n) is 14.8. The molecule has 0 radical (unpaired) electrons. The first-order chi connectivity index (χ1) is 25.0. The molecule has 2 spiro atoms. The maximum atomic E-state index is 12.5. The minimum atomic E-state index is -1.61. The molecule has 5 aliphatic carbocycles. The highest BCUT2D eigenvalue weighted by atomic mass is 16.8. The quantitative estimate of drug-likeness (QED) is 0.182. The van der Waals surface area contributed by atoms with Gasteiger partial charge in [0.2, 0.25) is 0 Å². The maximum Gasteiger partial charge on any atom is 0.187 e. The Bertz CT molecular complexity index is 1440. The van der Waals surface area contributed by atoms with Gasteiger partial charge in [0.1, 0.15) is 36.6 Å². The van der Waals surface area contributed by atoms with Crippen molar-refractivity contribution in [2.24, 2.45) is 44.8 Å². The van der Waals surface area contributed by atoms with Crippen LogP contribution in [0.4, 0.5) is 0 Å². The third-order valence-corrected chi connectivity index (χ3v) is 17.6. The van der Waals surface area contributed by atoms with Crippen molar-refractivity contribution in [2.45, 2.75) is 204 Å². The highest BCUT2D eigenvalue weighted by Crippen LogP contribution is 2.89. The van der Waals surface area contributed by atoms with E-state index in [0.717, 1.165) is 38.5 Å². The molecule has 54 heavy (non-hydrogen) atoms. The van der Waals surface area contributed by atoms with E-state index in [2.05, 4.69) is 34.6 Å². The first-order valence-electron chi connectivity index (χ1n) is 20.7. The molecule has 0 amide bonds. The minimum absolute atomic E-state index is 0.0135. The van der Waals surface area contributed by atoms with Crippen molar-refractivity contribution in [2.75, 3.05) is 6.61 Å². The Morgan fingerprint density at radius 3 is 2.06 bits per heavy atom. The summed E-state index contributed by atoms with van der Waals surface area (Å²) in [6.07, 6.45) is -6.30. The molecule has 0 unspecified atom stereocenters. The second-order valence-corrected chi connectivity index (χ2v) is 21.0. The average Bonchev–Trinajstić information content (AvgIpc) is 3.44. The summed E-state index contributed by atoms with van der Waals surface area (Å²) in [7, 11) is 0. The standard InChI is InChI=1S/C41H68O13/c1-19-26(45)28(47)29(48)33(51-19)53-30-27(46)22(44)17-50-34(30)52-24-10-12-40-18-41(40)14-13-37(6)31(39(8)11-9-25(54-39)36(4,5)49)21(43)16-38(37,7)32(41)20(42)15-23(40)35(24,2)3/h19-34,42-49H,9-18H2,1-8H3/t19-,20-,21-,22+,23-,24-,25-,26-,27-,28+,29+,30+,31-,32-,33-,34-,37+,38-,39-,40+,41-/m0/s1. The van der Waals surface area contributed by atoms with Crippen molar-refractivity contribution in [3.05, 3.63) is 0 Å². The molecule has 3 saturated heterocycles. The highest BCUT2D eigenvalue weighted by Gasteiger charge is 2.85. The molecule has 0 bridgehead atoms. The van der Waals surface area contributed by atoms with Crippen LogP contribution in [0.5, 0.6) is 0 Å². The van der Waals surface area contributed by atoms with Crippen molar-refractivity contribution in [3.63, 3.8) is 0 Å². The second-order valence-electron chi connectivity index (χ2n) is 21.0. The molecule has 310 valence electrons. The largest absolute Gasteiger partial charge is 0.393 e. The van der Waals surface area contributed by atoms with Crippen LogP contribution in [-0.4, -0.2) is 138 Å². The predicted molar refractivity (Wildman–Crippen MR) is 192 cm³/mol. The summed E-state index contributed by atoms with van der Waals surface area (Å²) in [5.41, 5.74) is -2.59. The van der Waals surface area contributed by atoms with Crippen LogP contribution in [-0.2, 0) is 23.7 Å². The number of ether oxygens (including phenoxy) is 5. The zero-order valence-corrected chi connectivity index (χ0v) is 33.4. The summed E-state index contributed by atoms with van der Waals surface area (Å²) in [6.45, 7) is 16.1. The van der Waals surface area contributed by atoms with Crippen molar-refractivity contribution in [3.8, 4) is 0 Å². The lowest BCUT2D eigenvalue weighted by Crippen LogP contribution is -2.64. The monoisotopic (exact) mass is 768 g/mol. The fourth-order valence-corrected chi connectivity index (χ4v) is 14.8. The third kappa shape index (κ3) is 5.43. The van der Waals surface area contributed by atoms with Crippen LogP contribution in [0.1, 0.15) is 113 Å². The molecule has 8 rings (SSSR count). The van der Waals surface area contributed by atoms with Crippen molar-refractivity contribution >= 4 is 0 Å². The normalized spacial score (nSPS) is 59.6. The number of hydrogen-bond acceptors (Lipinski definition) is 13. The van der Waals surface area contributed by atoms with Gasteiger partial charge < -0.3 is 64.5 Å². The number of fused-ring (bicyclic) bond motifs is 2. The van der Waals surface area contributed by atoms with Crippen LogP contribution in [0.2, 0.25) is 0 Å². The number of aliphatic hydroxyl groups excluding tert-OH is 7. The SMILES string of the molecule is C[C@@H]1O[C@@H](O[C@H]2[C@H](O[C@H]3CC[C@]45C[C@]46CC[C@]4(C)[C@@H]([C@]7(C)CC[C@@H](C(C)(C)O)O7)[C@@H](O)C[C@@]4(C)[C@@H]6[C@@H](O)C[C@H]5C3(C)C)OC[C@@H](O)[C@@H]2O)[C@H](O)[C@H](O)[C@H]1O. The van der Waals surface area contributed by atoms with E-state index in [4.69, 9.17) is 23.7 Å². The number of rotatable bonds is 6. The summed E-state index contributed by atoms with van der Waals surface area (Å²) >= 11 is 0. The van der Waals surface area contributed by atoms with Gasteiger partial charge in [0.15, 0.2) is 12.6 Å². The van der Waals surface area contributed by atoms with E-state index in [1.165, 1.54) is 0 Å². The Balaban J connectivity index is 1.02. The molecular weight excluding hydrogens is 700 g/mol. The molecule has 0 aromatic rings. The average molecular weight is 769 g/mol. The van der Waals surface area contributed by atoms with Gasteiger partial charge in [-0.05, 0) is 124 Å². The van der Waals surface area contributed by atoms with Crippen molar-refractivity contribution in [1.82, 2.24) is 0 Å². The van der Waals surface area contributed by atoms with E-state index in [1.54, 1.807) is 20.8 Å². The van der Waals surface area contributed by atoms with Gasteiger partial charge in [-0.2, -0.15) is 0 Å².